The first-order chi connectivity index (χ1) is 18.9. The molecule has 0 radical (unpaired) electrons. The van der Waals surface area contributed by atoms with Crippen LogP contribution in [0.5, 0.6) is 0 Å². The molecule has 9 heteroatoms. The molecule has 200 valence electrons. The van der Waals surface area contributed by atoms with Crippen molar-refractivity contribution in [2.75, 3.05) is 29.5 Å². The van der Waals surface area contributed by atoms with Gasteiger partial charge in [0.2, 0.25) is 5.91 Å². The molecule has 1 saturated heterocycles. The lowest BCUT2D eigenvalue weighted by Crippen LogP contribution is -2.29. The van der Waals surface area contributed by atoms with Crippen molar-refractivity contribution in [3.8, 4) is 0 Å². The summed E-state index contributed by atoms with van der Waals surface area (Å²) in [5.41, 5.74) is 4.15. The van der Waals surface area contributed by atoms with E-state index in [4.69, 9.17) is 0 Å². The van der Waals surface area contributed by atoms with Gasteiger partial charge >= 0.3 is 0 Å². The molecule has 1 aromatic heterocycles. The fraction of sp³-hybridized carbons (Fsp3) is 0.267. The number of carbonyl (C=O) groups is 3. The molecule has 7 nitrogen and oxygen atoms in total. The summed E-state index contributed by atoms with van der Waals surface area (Å²) < 4.78 is 1.68. The number of nitrogens with one attached hydrogen (secondary N) is 2. The van der Waals surface area contributed by atoms with Gasteiger partial charge in [-0.1, -0.05) is 55.9 Å². The summed E-state index contributed by atoms with van der Waals surface area (Å²) in [5.74, 6) is 0.0524. The van der Waals surface area contributed by atoms with Crippen LogP contribution < -0.4 is 10.6 Å². The predicted octanol–water partition coefficient (Wildman–Crippen LogP) is 6.64. The average molecular weight is 559 g/mol. The Hall–Kier alpha value is -3.69. The van der Waals surface area contributed by atoms with Crippen LogP contribution in [-0.4, -0.2) is 46.4 Å². The monoisotopic (exact) mass is 558 g/mol. The number of para-hydroxylation sites is 1. The van der Waals surface area contributed by atoms with Crippen molar-refractivity contribution in [3.05, 3.63) is 83.4 Å². The number of thioether (sulfide) groups is 1. The lowest BCUT2D eigenvalue weighted by Gasteiger charge is -2.17. The Labute approximate surface area is 236 Å². The number of benzene rings is 3. The summed E-state index contributed by atoms with van der Waals surface area (Å²) in [7, 11) is 0. The first-order valence-electron chi connectivity index (χ1n) is 13.0. The topological polar surface area (TPSA) is 91.4 Å². The van der Waals surface area contributed by atoms with Gasteiger partial charge in [0.1, 0.15) is 0 Å². The Morgan fingerprint density at radius 1 is 0.949 bits per heavy atom. The highest BCUT2D eigenvalue weighted by molar-refractivity contribution is 8.01. The summed E-state index contributed by atoms with van der Waals surface area (Å²) in [6.45, 7) is 5.66. The van der Waals surface area contributed by atoms with Crippen LogP contribution in [0.25, 0.3) is 10.2 Å². The normalized spacial score (nSPS) is 13.2. The maximum Gasteiger partial charge on any atom is 0.256 e. The van der Waals surface area contributed by atoms with Gasteiger partial charge in [-0.05, 0) is 60.7 Å². The van der Waals surface area contributed by atoms with E-state index in [0.29, 0.717) is 22.7 Å². The zero-order valence-corrected chi connectivity index (χ0v) is 23.5. The third kappa shape index (κ3) is 6.32. The van der Waals surface area contributed by atoms with Crippen molar-refractivity contribution in [2.45, 2.75) is 36.9 Å². The van der Waals surface area contributed by atoms with Gasteiger partial charge in [0.15, 0.2) is 4.34 Å². The Morgan fingerprint density at radius 3 is 2.44 bits per heavy atom. The first-order valence-corrected chi connectivity index (χ1v) is 14.8. The molecule has 2 N–H and O–H groups in total. The van der Waals surface area contributed by atoms with E-state index in [2.05, 4.69) is 29.5 Å². The van der Waals surface area contributed by atoms with Gasteiger partial charge in [0.05, 0.1) is 27.1 Å². The highest BCUT2D eigenvalue weighted by Gasteiger charge is 2.24. The van der Waals surface area contributed by atoms with Crippen molar-refractivity contribution in [3.63, 3.8) is 0 Å². The Kier molecular flexibility index (Phi) is 8.28. The zero-order valence-electron chi connectivity index (χ0n) is 21.9. The molecule has 1 fully saturated rings. The third-order valence-corrected chi connectivity index (χ3v) is 8.77. The smallest absolute Gasteiger partial charge is 0.256 e. The third-order valence-electron chi connectivity index (χ3n) is 6.61. The molecule has 1 aliphatic heterocycles. The molecule has 4 aromatic rings. The molecule has 5 rings (SSSR count). The molecule has 0 bridgehead atoms. The number of fused-ring (bicyclic) bond motifs is 1. The largest absolute Gasteiger partial charge is 0.339 e. The fourth-order valence-corrected chi connectivity index (χ4v) is 6.54. The molecular formula is C30H30N4O3S2. The number of hydrogen-bond donors (Lipinski definition) is 2. The van der Waals surface area contributed by atoms with E-state index < -0.39 is 0 Å². The van der Waals surface area contributed by atoms with Gasteiger partial charge < -0.3 is 15.5 Å². The number of nitrogens with zero attached hydrogens (tertiary/aromatic N) is 2. The van der Waals surface area contributed by atoms with Crippen LogP contribution in [0, 0.1) is 0 Å². The summed E-state index contributed by atoms with van der Waals surface area (Å²) >= 11 is 2.86. The minimum atomic E-state index is -0.324. The van der Waals surface area contributed by atoms with Crippen LogP contribution in [0.1, 0.15) is 58.9 Å². The Balaban J connectivity index is 1.24. The van der Waals surface area contributed by atoms with Crippen molar-refractivity contribution in [1.29, 1.82) is 0 Å². The van der Waals surface area contributed by atoms with E-state index in [1.165, 1.54) is 23.1 Å². The van der Waals surface area contributed by atoms with Gasteiger partial charge in [-0.15, -0.1) is 11.3 Å². The van der Waals surface area contributed by atoms with E-state index in [1.54, 1.807) is 35.2 Å². The highest BCUT2D eigenvalue weighted by atomic mass is 32.2. The van der Waals surface area contributed by atoms with E-state index >= 15 is 0 Å². The molecule has 3 aromatic carbocycles. The van der Waals surface area contributed by atoms with Gasteiger partial charge in [0.25, 0.3) is 11.8 Å². The van der Waals surface area contributed by atoms with Crippen LogP contribution >= 0.6 is 23.1 Å². The van der Waals surface area contributed by atoms with Crippen LogP contribution in [-0.2, 0) is 4.79 Å². The SMILES string of the molecule is CC(C)c1ccccc1NC(=O)CSc1nc2ccc(NC(=O)c3ccccc3C(=O)N3CCCC3)cc2s1. The molecule has 0 unspecified atom stereocenters. The molecule has 0 atom stereocenters. The summed E-state index contributed by atoms with van der Waals surface area (Å²) in [5, 5.41) is 5.95. The number of anilines is 2. The number of thiazole rings is 1. The average Bonchev–Trinajstić information content (AvgIpc) is 3.62. The van der Waals surface area contributed by atoms with E-state index in [9.17, 15) is 14.4 Å². The number of rotatable bonds is 8. The minimum absolute atomic E-state index is 0.0811. The second-order valence-corrected chi connectivity index (χ2v) is 12.0. The second-order valence-electron chi connectivity index (χ2n) is 9.74. The lowest BCUT2D eigenvalue weighted by molar-refractivity contribution is -0.113. The second kappa shape index (κ2) is 12.0. The summed E-state index contributed by atoms with van der Waals surface area (Å²) in [4.78, 5) is 45.2. The molecular weight excluding hydrogens is 528 g/mol. The number of amides is 3. The molecule has 0 aliphatic carbocycles. The van der Waals surface area contributed by atoms with Crippen LogP contribution in [0.3, 0.4) is 0 Å². The lowest BCUT2D eigenvalue weighted by atomic mass is 10.0. The van der Waals surface area contributed by atoms with E-state index in [-0.39, 0.29) is 23.5 Å². The van der Waals surface area contributed by atoms with Crippen molar-refractivity contribution in [1.82, 2.24) is 9.88 Å². The van der Waals surface area contributed by atoms with Gasteiger partial charge in [0, 0.05) is 24.5 Å². The van der Waals surface area contributed by atoms with Gasteiger partial charge in [-0.3, -0.25) is 14.4 Å². The number of aromatic nitrogens is 1. The van der Waals surface area contributed by atoms with Gasteiger partial charge in [-0.2, -0.15) is 0 Å². The number of hydrogen-bond acceptors (Lipinski definition) is 6. The van der Waals surface area contributed by atoms with Crippen molar-refractivity contribution in [2.24, 2.45) is 0 Å². The molecule has 3 amide bonds. The van der Waals surface area contributed by atoms with E-state index in [1.807, 2.05) is 36.4 Å². The molecule has 0 spiro atoms. The Bertz CT molecular complexity index is 1530. The van der Waals surface area contributed by atoms with Crippen LogP contribution in [0.4, 0.5) is 11.4 Å². The predicted molar refractivity (Wildman–Crippen MR) is 159 cm³/mol. The van der Waals surface area contributed by atoms with Crippen molar-refractivity contribution >= 4 is 62.4 Å². The number of carbonyl (C=O) groups excluding carboxylic acids is 3. The maximum absolute atomic E-state index is 13.1. The number of likely N-dealkylation sites (tertiary alicyclic amines) is 1. The fourth-order valence-electron chi connectivity index (χ4n) is 4.63. The maximum atomic E-state index is 13.1. The zero-order chi connectivity index (χ0) is 27.4. The molecule has 2 heterocycles. The summed E-state index contributed by atoms with van der Waals surface area (Å²) in [6, 6.07) is 20.3. The van der Waals surface area contributed by atoms with Crippen molar-refractivity contribution < 1.29 is 14.4 Å². The first kappa shape index (κ1) is 26.9. The molecule has 0 saturated carbocycles. The Morgan fingerprint density at radius 2 is 1.67 bits per heavy atom. The van der Waals surface area contributed by atoms with Crippen LogP contribution in [0.2, 0.25) is 0 Å². The quantitative estimate of drug-likeness (QED) is 0.237. The van der Waals surface area contributed by atoms with Gasteiger partial charge in [-0.25, -0.2) is 4.98 Å². The highest BCUT2D eigenvalue weighted by Crippen LogP contribution is 2.32. The van der Waals surface area contributed by atoms with Crippen LogP contribution in [0.15, 0.2) is 71.1 Å². The molecule has 1 aliphatic rings. The summed E-state index contributed by atoms with van der Waals surface area (Å²) in [6.07, 6.45) is 1.98. The van der Waals surface area contributed by atoms with E-state index in [0.717, 1.165) is 51.7 Å². The standard InChI is InChI=1S/C30H30N4O3S2/c1-19(2)21-9-5-6-12-24(21)32-27(35)18-38-30-33-25-14-13-20(17-26(25)39-30)31-28(36)22-10-3-4-11-23(22)29(37)34-15-7-8-16-34/h3-6,9-14,17,19H,7-8,15-16,18H2,1-2H3,(H,31,36)(H,32,35). The molecule has 39 heavy (non-hydrogen) atoms. The minimum Gasteiger partial charge on any atom is -0.339 e.